The molecule has 0 bridgehead atoms. The van der Waals surface area contributed by atoms with Gasteiger partial charge < -0.3 is 20.1 Å². The van der Waals surface area contributed by atoms with E-state index in [4.69, 9.17) is 9.47 Å². The number of morpholine rings is 2. The molecule has 264 valence electrons. The van der Waals surface area contributed by atoms with Crippen LogP contribution in [0, 0.1) is 0 Å². The fourth-order valence-electron chi connectivity index (χ4n) is 6.34. The Balaban J connectivity index is 1.20. The number of rotatable bonds is 8. The van der Waals surface area contributed by atoms with Crippen molar-refractivity contribution in [1.29, 1.82) is 0 Å². The molecule has 2 aliphatic rings. The first-order valence-corrected chi connectivity index (χ1v) is 19.3. The highest BCUT2D eigenvalue weighted by Gasteiger charge is 2.33. The third-order valence-electron chi connectivity index (χ3n) is 8.66. The number of sulfonamides is 2. The first-order valence-electron chi connectivity index (χ1n) is 16.4. The van der Waals surface area contributed by atoms with Crippen LogP contribution in [-0.4, -0.2) is 87.9 Å². The van der Waals surface area contributed by atoms with Crippen molar-refractivity contribution in [2.24, 2.45) is 0 Å². The fraction of sp³-hybridized carbons (Fsp3) is 0.333. The minimum Gasteiger partial charge on any atom is -0.373 e. The van der Waals surface area contributed by atoms with E-state index in [9.17, 15) is 26.4 Å². The van der Waals surface area contributed by atoms with Crippen LogP contribution in [0.15, 0.2) is 94.7 Å². The van der Waals surface area contributed by atoms with Gasteiger partial charge in [-0.2, -0.15) is 8.61 Å². The lowest BCUT2D eigenvalue weighted by Crippen LogP contribution is -2.48. The monoisotopic (exact) mass is 720 g/mol. The fourth-order valence-corrected chi connectivity index (χ4v) is 9.53. The quantitative estimate of drug-likeness (QED) is 0.260. The van der Waals surface area contributed by atoms with Gasteiger partial charge in [0.25, 0.3) is 11.8 Å². The first kappa shape index (κ1) is 35.6. The number of amides is 2. The maximum absolute atomic E-state index is 13.4. The number of ether oxygens (including phenoxy) is 2. The van der Waals surface area contributed by atoms with Gasteiger partial charge in [0.05, 0.1) is 45.6 Å². The SMILES string of the molecule is C[C@@H]1CN(S(=O)(=O)c2ccc(C(=O)Nc3cc4ccccc4cc3NC(=O)c3ccc(S(=O)(=O)N4C[C@@H](C)O[C@@H](C)C4)cc3)cc2)C[C@@H](C)O1. The normalized spacial score (nSPS) is 22.2. The summed E-state index contributed by atoms with van der Waals surface area (Å²) in [7, 11) is -7.58. The molecule has 2 aliphatic heterocycles. The summed E-state index contributed by atoms with van der Waals surface area (Å²) in [5, 5.41) is 7.35. The van der Waals surface area contributed by atoms with Crippen LogP contribution in [-0.2, 0) is 29.5 Å². The second-order valence-corrected chi connectivity index (χ2v) is 16.7. The van der Waals surface area contributed by atoms with Crippen LogP contribution in [0.5, 0.6) is 0 Å². The predicted molar refractivity (Wildman–Crippen MR) is 190 cm³/mol. The molecular weight excluding hydrogens is 681 g/mol. The van der Waals surface area contributed by atoms with E-state index in [0.29, 0.717) is 11.4 Å². The number of hydrogen-bond donors (Lipinski definition) is 2. The second kappa shape index (κ2) is 14.2. The molecule has 2 N–H and O–H groups in total. The lowest BCUT2D eigenvalue weighted by Gasteiger charge is -2.34. The molecule has 2 heterocycles. The molecule has 0 radical (unpaired) electrons. The van der Waals surface area contributed by atoms with Gasteiger partial charge in [0, 0.05) is 37.3 Å². The number of carbonyl (C=O) groups is 2. The Morgan fingerprint density at radius 2 is 0.880 bits per heavy atom. The van der Waals surface area contributed by atoms with E-state index in [2.05, 4.69) is 10.6 Å². The zero-order valence-corrected chi connectivity index (χ0v) is 29.8. The van der Waals surface area contributed by atoms with Crippen LogP contribution >= 0.6 is 0 Å². The number of carbonyl (C=O) groups excluding carboxylic acids is 2. The Kier molecular flexibility index (Phi) is 10.1. The van der Waals surface area contributed by atoms with Crippen LogP contribution in [0.1, 0.15) is 48.4 Å². The molecule has 2 amide bonds. The van der Waals surface area contributed by atoms with Crippen LogP contribution in [0.4, 0.5) is 11.4 Å². The Bertz CT molecular complexity index is 1950. The van der Waals surface area contributed by atoms with Gasteiger partial charge in [-0.05, 0) is 99.1 Å². The first-order chi connectivity index (χ1) is 23.7. The molecular formula is C36H40N4O8S2. The summed E-state index contributed by atoms with van der Waals surface area (Å²) in [5.74, 6) is -1.01. The van der Waals surface area contributed by atoms with Gasteiger partial charge >= 0.3 is 0 Å². The lowest BCUT2D eigenvalue weighted by atomic mass is 10.1. The molecule has 6 rings (SSSR count). The van der Waals surface area contributed by atoms with Gasteiger partial charge in [0.1, 0.15) is 0 Å². The van der Waals surface area contributed by atoms with Gasteiger partial charge in [0.2, 0.25) is 20.0 Å². The highest BCUT2D eigenvalue weighted by molar-refractivity contribution is 7.89. The van der Waals surface area contributed by atoms with Crippen molar-refractivity contribution in [1.82, 2.24) is 8.61 Å². The van der Waals surface area contributed by atoms with Crippen LogP contribution < -0.4 is 10.6 Å². The van der Waals surface area contributed by atoms with E-state index >= 15 is 0 Å². The van der Waals surface area contributed by atoms with Crippen molar-refractivity contribution in [3.8, 4) is 0 Å². The van der Waals surface area contributed by atoms with E-state index in [-0.39, 0.29) is 71.5 Å². The Hall–Kier alpha value is -4.18. The highest BCUT2D eigenvalue weighted by atomic mass is 32.2. The third-order valence-corrected chi connectivity index (χ3v) is 12.4. The molecule has 12 nitrogen and oxygen atoms in total. The summed E-state index contributed by atoms with van der Waals surface area (Å²) in [6, 6.07) is 22.3. The molecule has 4 atom stereocenters. The minimum atomic E-state index is -3.79. The lowest BCUT2D eigenvalue weighted by molar-refractivity contribution is -0.0442. The van der Waals surface area contributed by atoms with E-state index in [1.807, 2.05) is 52.0 Å². The summed E-state index contributed by atoms with van der Waals surface area (Å²) in [6.45, 7) is 8.25. The zero-order chi connectivity index (χ0) is 35.8. The van der Waals surface area contributed by atoms with Gasteiger partial charge in [-0.3, -0.25) is 9.59 Å². The maximum atomic E-state index is 13.4. The number of nitrogens with one attached hydrogen (secondary N) is 2. The van der Waals surface area contributed by atoms with Crippen molar-refractivity contribution in [2.75, 3.05) is 36.8 Å². The van der Waals surface area contributed by atoms with Crippen molar-refractivity contribution in [3.05, 3.63) is 96.1 Å². The van der Waals surface area contributed by atoms with E-state index in [1.165, 1.54) is 57.1 Å². The molecule has 14 heteroatoms. The summed E-state index contributed by atoms with van der Waals surface area (Å²) < 4.78 is 67.3. The molecule has 0 unspecified atom stereocenters. The Morgan fingerprint density at radius 3 is 1.20 bits per heavy atom. The Morgan fingerprint density at radius 1 is 0.560 bits per heavy atom. The molecule has 0 aliphatic carbocycles. The number of hydrogen-bond acceptors (Lipinski definition) is 8. The third kappa shape index (κ3) is 7.60. The highest BCUT2D eigenvalue weighted by Crippen LogP contribution is 2.30. The molecule has 50 heavy (non-hydrogen) atoms. The molecule has 4 aromatic rings. The topological polar surface area (TPSA) is 151 Å². The van der Waals surface area contributed by atoms with Gasteiger partial charge in [-0.15, -0.1) is 0 Å². The molecule has 0 aromatic heterocycles. The number of anilines is 2. The maximum Gasteiger partial charge on any atom is 0.255 e. The van der Waals surface area contributed by atoms with Gasteiger partial charge in [-0.1, -0.05) is 24.3 Å². The molecule has 2 saturated heterocycles. The van der Waals surface area contributed by atoms with Crippen LogP contribution in [0.3, 0.4) is 0 Å². The predicted octanol–water partition coefficient (Wildman–Crippen LogP) is 4.94. The standard InChI is InChI=1S/C36H40N4O8S2/c1-23-19-39(20-24(2)47-23)49(43,44)31-13-9-27(10-14-31)35(41)37-33-17-29-7-5-6-8-30(29)18-34(33)38-36(42)28-11-15-32(16-12-28)50(45,46)40-21-25(3)48-26(4)22-40/h5-18,23-26H,19-22H2,1-4H3,(H,37,41)(H,38,42)/t23-,24-,25-,26+/m1/s1. The minimum absolute atomic E-state index is 0.0712. The Labute approximate surface area is 292 Å². The molecule has 2 fully saturated rings. The van der Waals surface area contributed by atoms with Crippen LogP contribution in [0.25, 0.3) is 10.8 Å². The number of benzene rings is 4. The summed E-state index contributed by atoms with van der Waals surface area (Å²) >= 11 is 0. The summed E-state index contributed by atoms with van der Waals surface area (Å²) in [5.41, 5.74) is 1.09. The van der Waals surface area contributed by atoms with Crippen molar-refractivity contribution in [3.63, 3.8) is 0 Å². The molecule has 4 aromatic carbocycles. The van der Waals surface area contributed by atoms with Gasteiger partial charge in [-0.25, -0.2) is 16.8 Å². The average molecular weight is 721 g/mol. The van der Waals surface area contributed by atoms with Gasteiger partial charge in [0.15, 0.2) is 0 Å². The van der Waals surface area contributed by atoms with Crippen molar-refractivity contribution in [2.45, 2.75) is 61.9 Å². The summed E-state index contributed by atoms with van der Waals surface area (Å²) in [4.78, 5) is 27.0. The van der Waals surface area contributed by atoms with E-state index in [1.54, 1.807) is 12.1 Å². The smallest absolute Gasteiger partial charge is 0.255 e. The van der Waals surface area contributed by atoms with E-state index in [0.717, 1.165) is 10.8 Å². The largest absolute Gasteiger partial charge is 0.373 e. The zero-order valence-electron chi connectivity index (χ0n) is 28.2. The molecule has 0 spiro atoms. The average Bonchev–Trinajstić information content (AvgIpc) is 3.07. The second-order valence-electron chi connectivity index (χ2n) is 12.9. The molecule has 0 saturated carbocycles. The van der Waals surface area contributed by atoms with E-state index < -0.39 is 31.9 Å². The van der Waals surface area contributed by atoms with Crippen molar-refractivity contribution < 1.29 is 35.9 Å². The van der Waals surface area contributed by atoms with Crippen LogP contribution in [0.2, 0.25) is 0 Å². The van der Waals surface area contributed by atoms with Crippen molar-refractivity contribution >= 4 is 54.0 Å². The summed E-state index contributed by atoms with van der Waals surface area (Å²) in [6.07, 6.45) is -0.948. The number of fused-ring (bicyclic) bond motifs is 1. The number of nitrogens with zero attached hydrogens (tertiary/aromatic N) is 2.